The van der Waals surface area contributed by atoms with Gasteiger partial charge in [0.05, 0.1) is 6.61 Å². The predicted molar refractivity (Wildman–Crippen MR) is 92.8 cm³/mol. The molecular weight excluding hydrogens is 304 g/mol. The minimum absolute atomic E-state index is 0.214. The van der Waals surface area contributed by atoms with E-state index in [1.54, 1.807) is 24.8 Å². The predicted octanol–water partition coefficient (Wildman–Crippen LogP) is 3.64. The van der Waals surface area contributed by atoms with E-state index in [9.17, 15) is 4.79 Å². The standard InChI is InChI=1S/C16H22O3S2/c1-13(16(18)19)3-2-9-20-11-14-4-6-15(7-5-14)12-21-10-8-17/h3-6,12,17H,2,7-11H2,1H3,(H,18,19). The minimum Gasteiger partial charge on any atom is -0.478 e. The second-order valence-electron chi connectivity index (χ2n) is 4.64. The Morgan fingerprint density at radius 1 is 1.38 bits per heavy atom. The molecule has 0 aromatic rings. The van der Waals surface area contributed by atoms with Crippen LogP contribution >= 0.6 is 23.5 Å². The minimum atomic E-state index is -0.837. The third kappa shape index (κ3) is 8.19. The van der Waals surface area contributed by atoms with Crippen LogP contribution in [0.15, 0.2) is 46.4 Å². The summed E-state index contributed by atoms with van der Waals surface area (Å²) in [5.41, 5.74) is 3.02. The lowest BCUT2D eigenvalue weighted by atomic mass is 10.1. The molecule has 0 fully saturated rings. The summed E-state index contributed by atoms with van der Waals surface area (Å²) in [6.07, 6.45) is 10.0. The van der Waals surface area contributed by atoms with Crippen molar-refractivity contribution in [1.82, 2.24) is 0 Å². The van der Waals surface area contributed by atoms with E-state index in [2.05, 4.69) is 23.6 Å². The Morgan fingerprint density at radius 3 is 2.81 bits per heavy atom. The van der Waals surface area contributed by atoms with Crippen molar-refractivity contribution in [2.24, 2.45) is 0 Å². The van der Waals surface area contributed by atoms with Crippen molar-refractivity contribution in [2.45, 2.75) is 19.8 Å². The van der Waals surface area contributed by atoms with Crippen LogP contribution in [0.1, 0.15) is 19.8 Å². The molecule has 1 aliphatic rings. The Hall–Kier alpha value is -0.910. The van der Waals surface area contributed by atoms with Gasteiger partial charge in [-0.3, -0.25) is 0 Å². The Balaban J connectivity index is 2.21. The monoisotopic (exact) mass is 326 g/mol. The first kappa shape index (κ1) is 18.1. The quantitative estimate of drug-likeness (QED) is 0.500. The van der Waals surface area contributed by atoms with E-state index in [1.807, 2.05) is 11.8 Å². The van der Waals surface area contributed by atoms with E-state index >= 15 is 0 Å². The molecule has 0 unspecified atom stereocenters. The van der Waals surface area contributed by atoms with E-state index in [4.69, 9.17) is 10.2 Å². The molecule has 21 heavy (non-hydrogen) atoms. The van der Waals surface area contributed by atoms with E-state index in [0.29, 0.717) is 5.57 Å². The number of rotatable bonds is 9. The van der Waals surface area contributed by atoms with Crippen molar-refractivity contribution >= 4 is 29.5 Å². The van der Waals surface area contributed by atoms with Gasteiger partial charge in [-0.2, -0.15) is 11.8 Å². The summed E-state index contributed by atoms with van der Waals surface area (Å²) < 4.78 is 0. The molecule has 0 heterocycles. The van der Waals surface area contributed by atoms with Gasteiger partial charge >= 0.3 is 5.97 Å². The Morgan fingerprint density at radius 2 is 2.19 bits per heavy atom. The van der Waals surface area contributed by atoms with Gasteiger partial charge in [0.15, 0.2) is 0 Å². The molecule has 0 bridgehead atoms. The zero-order valence-corrected chi connectivity index (χ0v) is 13.9. The summed E-state index contributed by atoms with van der Waals surface area (Å²) in [5, 5.41) is 19.6. The Kier molecular flexibility index (Phi) is 9.30. The van der Waals surface area contributed by atoms with Gasteiger partial charge in [0.2, 0.25) is 0 Å². The number of hydrogen-bond donors (Lipinski definition) is 2. The van der Waals surface area contributed by atoms with Crippen LogP contribution in [0.2, 0.25) is 0 Å². The van der Waals surface area contributed by atoms with Crippen molar-refractivity contribution in [2.75, 3.05) is 23.9 Å². The van der Waals surface area contributed by atoms with Crippen LogP contribution in [-0.4, -0.2) is 40.0 Å². The zero-order chi connectivity index (χ0) is 15.5. The molecule has 3 nitrogen and oxygen atoms in total. The molecule has 0 spiro atoms. The fourth-order valence-electron chi connectivity index (χ4n) is 1.65. The molecule has 0 aromatic carbocycles. The van der Waals surface area contributed by atoms with Crippen molar-refractivity contribution in [1.29, 1.82) is 0 Å². The van der Waals surface area contributed by atoms with Crippen molar-refractivity contribution < 1.29 is 15.0 Å². The molecule has 2 N–H and O–H groups in total. The highest BCUT2D eigenvalue weighted by atomic mass is 32.2. The highest BCUT2D eigenvalue weighted by molar-refractivity contribution is 8.02. The highest BCUT2D eigenvalue weighted by Crippen LogP contribution is 2.21. The smallest absolute Gasteiger partial charge is 0.330 e. The molecule has 0 saturated heterocycles. The van der Waals surface area contributed by atoms with E-state index in [0.717, 1.165) is 30.1 Å². The van der Waals surface area contributed by atoms with Crippen molar-refractivity contribution in [3.05, 3.63) is 46.4 Å². The first-order chi connectivity index (χ1) is 10.1. The first-order valence-electron chi connectivity index (χ1n) is 6.90. The fourth-order valence-corrected chi connectivity index (χ4v) is 3.14. The number of allylic oxidation sites excluding steroid dienone is 5. The van der Waals surface area contributed by atoms with Crippen LogP contribution in [0.4, 0.5) is 0 Å². The lowest BCUT2D eigenvalue weighted by Crippen LogP contribution is -1.96. The molecule has 0 atom stereocenters. The Labute approximate surface area is 134 Å². The maximum absolute atomic E-state index is 10.6. The maximum Gasteiger partial charge on any atom is 0.330 e. The molecule has 116 valence electrons. The van der Waals surface area contributed by atoms with Crippen LogP contribution in [-0.2, 0) is 4.79 Å². The topological polar surface area (TPSA) is 57.5 Å². The number of carbonyl (C=O) groups is 1. The zero-order valence-electron chi connectivity index (χ0n) is 12.2. The summed E-state index contributed by atoms with van der Waals surface area (Å²) in [6.45, 7) is 1.84. The summed E-state index contributed by atoms with van der Waals surface area (Å²) in [4.78, 5) is 10.6. The summed E-state index contributed by atoms with van der Waals surface area (Å²) in [6, 6.07) is 0. The molecule has 0 saturated carbocycles. The molecule has 0 aromatic heterocycles. The number of carboxylic acid groups (broad SMARTS) is 1. The summed E-state index contributed by atoms with van der Waals surface area (Å²) in [7, 11) is 0. The lowest BCUT2D eigenvalue weighted by Gasteiger charge is -2.09. The number of aliphatic hydroxyl groups excluding tert-OH is 1. The second kappa shape index (κ2) is 10.8. The molecule has 0 aliphatic heterocycles. The lowest BCUT2D eigenvalue weighted by molar-refractivity contribution is -0.132. The van der Waals surface area contributed by atoms with Gasteiger partial charge in [0.1, 0.15) is 0 Å². The van der Waals surface area contributed by atoms with Gasteiger partial charge < -0.3 is 10.2 Å². The summed E-state index contributed by atoms with van der Waals surface area (Å²) >= 11 is 3.46. The van der Waals surface area contributed by atoms with Gasteiger partial charge in [-0.25, -0.2) is 4.79 Å². The third-order valence-electron chi connectivity index (χ3n) is 2.87. The molecule has 0 amide bonds. The van der Waals surface area contributed by atoms with Crippen molar-refractivity contribution in [3.8, 4) is 0 Å². The molecule has 1 aliphatic carbocycles. The number of hydrogen-bond acceptors (Lipinski definition) is 4. The number of aliphatic hydroxyl groups is 1. The largest absolute Gasteiger partial charge is 0.478 e. The van der Waals surface area contributed by atoms with Crippen LogP contribution < -0.4 is 0 Å². The molecular formula is C16H22O3S2. The highest BCUT2D eigenvalue weighted by Gasteiger charge is 2.02. The van der Waals surface area contributed by atoms with E-state index in [-0.39, 0.29) is 6.61 Å². The third-order valence-corrected chi connectivity index (χ3v) is 4.82. The number of aliphatic carboxylic acids is 1. The number of thioether (sulfide) groups is 2. The van der Waals surface area contributed by atoms with Crippen LogP contribution in [0, 0.1) is 0 Å². The van der Waals surface area contributed by atoms with Gasteiger partial charge in [-0.15, -0.1) is 11.8 Å². The van der Waals surface area contributed by atoms with Crippen LogP contribution in [0.25, 0.3) is 0 Å². The molecule has 0 radical (unpaired) electrons. The second-order valence-corrected chi connectivity index (χ2v) is 6.72. The fraction of sp³-hybridized carbons (Fsp3) is 0.438. The van der Waals surface area contributed by atoms with Gasteiger partial charge in [0, 0.05) is 17.1 Å². The van der Waals surface area contributed by atoms with E-state index in [1.165, 1.54) is 11.1 Å². The van der Waals surface area contributed by atoms with Crippen LogP contribution in [0.3, 0.4) is 0 Å². The maximum atomic E-state index is 10.6. The molecule has 5 heteroatoms. The number of carboxylic acids is 1. The van der Waals surface area contributed by atoms with Gasteiger partial charge in [0.25, 0.3) is 0 Å². The van der Waals surface area contributed by atoms with Crippen molar-refractivity contribution in [3.63, 3.8) is 0 Å². The average Bonchev–Trinajstić information content (AvgIpc) is 2.48. The average molecular weight is 326 g/mol. The molecule has 1 rings (SSSR count). The van der Waals surface area contributed by atoms with Crippen LogP contribution in [0.5, 0.6) is 0 Å². The SMILES string of the molecule is CC(=CCCSCC1=CCC(=CSCCO)C=C1)C(=O)O. The normalized spacial score (nSPS) is 17.1. The van der Waals surface area contributed by atoms with Gasteiger partial charge in [-0.1, -0.05) is 24.3 Å². The van der Waals surface area contributed by atoms with E-state index < -0.39 is 5.97 Å². The first-order valence-corrected chi connectivity index (χ1v) is 9.10. The Bertz CT molecular complexity index is 462. The van der Waals surface area contributed by atoms with Gasteiger partial charge in [-0.05, 0) is 42.1 Å². The summed E-state index contributed by atoms with van der Waals surface area (Å²) in [5.74, 6) is 1.81.